The van der Waals surface area contributed by atoms with Gasteiger partial charge in [0.1, 0.15) is 11.0 Å². The van der Waals surface area contributed by atoms with Gasteiger partial charge in [-0.2, -0.15) is 0 Å². The molecule has 1 rings (SSSR count). The Kier molecular flexibility index (Phi) is 5.08. The van der Waals surface area contributed by atoms with Crippen molar-refractivity contribution in [2.24, 2.45) is 0 Å². The fraction of sp³-hybridized carbons (Fsp3) is 0.333. The number of methoxy groups -OCH3 is 1. The molecule has 0 heterocycles. The van der Waals surface area contributed by atoms with Gasteiger partial charge in [0.05, 0.1) is 7.11 Å². The number of carbonyl (C=O) groups is 2. The molecule has 0 aromatic heterocycles. The van der Waals surface area contributed by atoms with E-state index in [4.69, 9.17) is 11.6 Å². The number of rotatable bonds is 5. The molecule has 0 radical (unpaired) electrons. The van der Waals surface area contributed by atoms with Gasteiger partial charge >= 0.3 is 5.97 Å². The molecule has 1 atom stereocenters. The van der Waals surface area contributed by atoms with Crippen LogP contribution >= 0.6 is 11.6 Å². The van der Waals surface area contributed by atoms with E-state index in [0.29, 0.717) is 5.02 Å². The Hall–Kier alpha value is -1.40. The number of ether oxygens (including phenoxy) is 1. The predicted molar refractivity (Wildman–Crippen MR) is 71.0 cm³/mol. The Labute approximate surface area is 116 Å². The summed E-state index contributed by atoms with van der Waals surface area (Å²) in [5.74, 6) is -2.29. The maximum absolute atomic E-state index is 12.0. The van der Waals surface area contributed by atoms with Crippen LogP contribution in [0.4, 0.5) is 0 Å². The van der Waals surface area contributed by atoms with Crippen LogP contribution in [0.25, 0.3) is 0 Å². The molecule has 1 aromatic rings. The summed E-state index contributed by atoms with van der Waals surface area (Å²) in [5.41, 5.74) is 0.227. The molecule has 0 aliphatic carbocycles. The molecule has 0 fully saturated rings. The first-order chi connectivity index (χ1) is 8.77. The summed E-state index contributed by atoms with van der Waals surface area (Å²) >= 11 is 5.68. The normalized spacial score (nSPS) is 12.8. The molecule has 0 amide bonds. The van der Waals surface area contributed by atoms with Crippen LogP contribution in [0.15, 0.2) is 24.3 Å². The first kappa shape index (κ1) is 15.7. The van der Waals surface area contributed by atoms with Crippen LogP contribution in [0.2, 0.25) is 5.02 Å². The van der Waals surface area contributed by atoms with E-state index in [1.54, 1.807) is 0 Å². The van der Waals surface area contributed by atoms with Gasteiger partial charge in [0.2, 0.25) is 0 Å². The van der Waals surface area contributed by atoms with Crippen molar-refractivity contribution in [3.63, 3.8) is 0 Å². The maximum atomic E-state index is 12.0. The van der Waals surface area contributed by atoms with Crippen molar-refractivity contribution < 1.29 is 22.7 Å². The number of hydrogen-bond acceptors (Lipinski definition) is 5. The van der Waals surface area contributed by atoms with Gasteiger partial charge in [-0.15, -0.1) is 0 Å². The molecule has 1 aromatic carbocycles. The zero-order chi connectivity index (χ0) is 14.6. The van der Waals surface area contributed by atoms with Crippen LogP contribution in [0.5, 0.6) is 0 Å². The fourth-order valence-electron chi connectivity index (χ4n) is 1.36. The molecule has 19 heavy (non-hydrogen) atoms. The molecule has 5 nitrogen and oxygen atoms in total. The van der Waals surface area contributed by atoms with Gasteiger partial charge in [0.25, 0.3) is 0 Å². The number of benzene rings is 1. The van der Waals surface area contributed by atoms with Crippen molar-refractivity contribution in [1.29, 1.82) is 0 Å². The Morgan fingerprint density at radius 1 is 1.26 bits per heavy atom. The number of carbonyl (C=O) groups excluding carboxylic acids is 2. The van der Waals surface area contributed by atoms with Gasteiger partial charge in [-0.25, -0.2) is 8.42 Å². The molecule has 0 aliphatic heterocycles. The first-order valence-electron chi connectivity index (χ1n) is 5.36. The lowest BCUT2D eigenvalue weighted by atomic mass is 10.1. The highest BCUT2D eigenvalue weighted by Gasteiger charge is 2.31. The molecule has 7 heteroatoms. The van der Waals surface area contributed by atoms with E-state index in [2.05, 4.69) is 4.74 Å². The quantitative estimate of drug-likeness (QED) is 0.608. The number of esters is 1. The number of hydrogen-bond donors (Lipinski definition) is 0. The van der Waals surface area contributed by atoms with Crippen molar-refractivity contribution in [3.05, 3.63) is 34.9 Å². The molecule has 0 bridgehead atoms. The molecule has 1 unspecified atom stereocenters. The van der Waals surface area contributed by atoms with Crippen molar-refractivity contribution in [2.75, 3.05) is 12.9 Å². The van der Waals surface area contributed by atoms with E-state index < -0.39 is 32.6 Å². The topological polar surface area (TPSA) is 77.5 Å². The Morgan fingerprint density at radius 3 is 2.26 bits per heavy atom. The molecule has 0 spiro atoms. The summed E-state index contributed by atoms with van der Waals surface area (Å²) < 4.78 is 28.0. The van der Waals surface area contributed by atoms with E-state index in [1.807, 2.05) is 0 Å². The molecular weight excluding hydrogens is 292 g/mol. The number of Topliss-reactive ketones (excluding diaryl/α,β-unsaturated/α-hetero) is 1. The highest BCUT2D eigenvalue weighted by atomic mass is 35.5. The minimum absolute atomic E-state index is 0.227. The molecule has 104 valence electrons. The Morgan fingerprint density at radius 2 is 1.79 bits per heavy atom. The number of sulfone groups is 1. The van der Waals surface area contributed by atoms with Crippen molar-refractivity contribution in [2.45, 2.75) is 12.2 Å². The smallest absolute Gasteiger partial charge is 0.320 e. The molecule has 0 saturated heterocycles. The second kappa shape index (κ2) is 6.16. The van der Waals surface area contributed by atoms with E-state index >= 15 is 0 Å². The Bertz CT molecular complexity index is 577. The number of ketones is 1. The largest absolute Gasteiger partial charge is 0.468 e. The monoisotopic (exact) mass is 304 g/mol. The van der Waals surface area contributed by atoms with E-state index in [0.717, 1.165) is 7.11 Å². The standard InChI is InChI=1S/C12H13ClO5S/c1-8(19(16,17)7-11(14)18-2)12(15)9-3-5-10(13)6-4-9/h3-6,8H,7H2,1-2H3. The average Bonchev–Trinajstić information content (AvgIpc) is 2.37. The van der Waals surface area contributed by atoms with Gasteiger partial charge in [0, 0.05) is 10.6 Å². The van der Waals surface area contributed by atoms with Crippen LogP contribution in [0, 0.1) is 0 Å². The average molecular weight is 305 g/mol. The zero-order valence-electron chi connectivity index (χ0n) is 10.4. The van der Waals surface area contributed by atoms with Crippen LogP contribution < -0.4 is 0 Å². The van der Waals surface area contributed by atoms with Crippen LogP contribution in [0.1, 0.15) is 17.3 Å². The second-order valence-electron chi connectivity index (χ2n) is 3.90. The highest BCUT2D eigenvalue weighted by Crippen LogP contribution is 2.14. The SMILES string of the molecule is COC(=O)CS(=O)(=O)C(C)C(=O)c1ccc(Cl)cc1. The summed E-state index contributed by atoms with van der Waals surface area (Å²) in [6.45, 7) is 1.25. The van der Waals surface area contributed by atoms with Crippen LogP contribution in [0.3, 0.4) is 0 Å². The first-order valence-corrected chi connectivity index (χ1v) is 7.45. The fourth-order valence-corrected chi connectivity index (χ4v) is 2.64. The van der Waals surface area contributed by atoms with Gasteiger partial charge in [0.15, 0.2) is 15.6 Å². The second-order valence-corrected chi connectivity index (χ2v) is 6.65. The minimum Gasteiger partial charge on any atom is -0.468 e. The Balaban J connectivity index is 2.93. The van der Waals surface area contributed by atoms with Crippen LogP contribution in [-0.4, -0.2) is 38.3 Å². The van der Waals surface area contributed by atoms with Crippen molar-refractivity contribution in [3.8, 4) is 0 Å². The van der Waals surface area contributed by atoms with E-state index in [9.17, 15) is 18.0 Å². The van der Waals surface area contributed by atoms with Crippen LogP contribution in [-0.2, 0) is 19.4 Å². The van der Waals surface area contributed by atoms with Gasteiger partial charge < -0.3 is 4.74 Å². The molecule has 0 N–H and O–H groups in total. The molecule has 0 aliphatic rings. The predicted octanol–water partition coefficient (Wildman–Crippen LogP) is 1.50. The summed E-state index contributed by atoms with van der Waals surface area (Å²) in [4.78, 5) is 23.0. The van der Waals surface area contributed by atoms with Crippen molar-refractivity contribution in [1.82, 2.24) is 0 Å². The lowest BCUT2D eigenvalue weighted by molar-refractivity contribution is -0.137. The third-order valence-electron chi connectivity index (χ3n) is 2.58. The summed E-state index contributed by atoms with van der Waals surface area (Å²) in [6, 6.07) is 5.87. The summed E-state index contributed by atoms with van der Waals surface area (Å²) in [6.07, 6.45) is 0. The lowest BCUT2D eigenvalue weighted by Gasteiger charge is -2.11. The summed E-state index contributed by atoms with van der Waals surface area (Å²) in [7, 11) is -2.80. The third kappa shape index (κ3) is 4.04. The minimum atomic E-state index is -3.89. The summed E-state index contributed by atoms with van der Waals surface area (Å²) in [5, 5.41) is -0.866. The zero-order valence-corrected chi connectivity index (χ0v) is 12.0. The maximum Gasteiger partial charge on any atom is 0.320 e. The van der Waals surface area contributed by atoms with Gasteiger partial charge in [-0.1, -0.05) is 11.6 Å². The highest BCUT2D eigenvalue weighted by molar-refractivity contribution is 7.93. The third-order valence-corrected chi connectivity index (χ3v) is 4.76. The van der Waals surface area contributed by atoms with E-state index in [-0.39, 0.29) is 5.56 Å². The van der Waals surface area contributed by atoms with Gasteiger partial charge in [-0.3, -0.25) is 9.59 Å². The number of halogens is 1. The lowest BCUT2D eigenvalue weighted by Crippen LogP contribution is -2.32. The van der Waals surface area contributed by atoms with Crippen molar-refractivity contribution >= 4 is 33.2 Å². The van der Waals surface area contributed by atoms with E-state index in [1.165, 1.54) is 31.2 Å². The molecular formula is C12H13ClO5S. The molecule has 0 saturated carbocycles. The van der Waals surface area contributed by atoms with Gasteiger partial charge in [-0.05, 0) is 31.2 Å².